The Kier molecular flexibility index (Phi) is 6.95. The molecular weight excluding hydrogens is 432 g/mol. The number of ether oxygens (including phenoxy) is 1. The molecule has 1 unspecified atom stereocenters. The van der Waals surface area contributed by atoms with Gasteiger partial charge in [-0.1, -0.05) is 77.4 Å². The number of hydrogen-bond acceptors (Lipinski definition) is 3. The lowest BCUT2D eigenvalue weighted by atomic mass is 9.75. The van der Waals surface area contributed by atoms with Crippen LogP contribution in [0, 0.1) is 0 Å². The Morgan fingerprint density at radius 1 is 0.818 bits per heavy atom. The summed E-state index contributed by atoms with van der Waals surface area (Å²) < 4.78 is 5.32. The van der Waals surface area contributed by atoms with Crippen molar-refractivity contribution in [1.82, 2.24) is 0 Å². The third-order valence-electron chi connectivity index (χ3n) is 5.92. The molecule has 3 aromatic rings. The van der Waals surface area contributed by atoms with Crippen molar-refractivity contribution in [2.75, 3.05) is 7.11 Å². The van der Waals surface area contributed by atoms with Crippen molar-refractivity contribution < 1.29 is 14.6 Å². The van der Waals surface area contributed by atoms with Crippen molar-refractivity contribution >= 4 is 17.4 Å². The minimum Gasteiger partial charge on any atom is -0.507 e. The second kappa shape index (κ2) is 9.23. The number of phenolic OH excluding ortho intramolecular Hbond substituents is 1. The third-order valence-corrected chi connectivity index (χ3v) is 6.17. The maximum absolute atomic E-state index is 13.9. The number of rotatable bonds is 5. The van der Waals surface area contributed by atoms with Crippen molar-refractivity contribution in [2.45, 2.75) is 58.3 Å². The molecule has 0 aliphatic rings. The summed E-state index contributed by atoms with van der Waals surface area (Å²) in [5, 5.41) is 11.8. The summed E-state index contributed by atoms with van der Waals surface area (Å²) in [6, 6.07) is 18.5. The second-order valence-electron chi connectivity index (χ2n) is 10.5. The van der Waals surface area contributed by atoms with Crippen molar-refractivity contribution in [3.8, 4) is 11.5 Å². The van der Waals surface area contributed by atoms with Gasteiger partial charge in [0.15, 0.2) is 5.78 Å². The largest absolute Gasteiger partial charge is 0.507 e. The summed E-state index contributed by atoms with van der Waals surface area (Å²) in [5.74, 6) is 0.459. The van der Waals surface area contributed by atoms with Crippen LogP contribution in [0.1, 0.15) is 80.1 Å². The van der Waals surface area contributed by atoms with E-state index < -0.39 is 5.92 Å². The van der Waals surface area contributed by atoms with Crippen molar-refractivity contribution in [3.05, 3.63) is 93.5 Å². The highest BCUT2D eigenvalue weighted by Gasteiger charge is 2.31. The number of ketones is 1. The van der Waals surface area contributed by atoms with E-state index in [2.05, 4.69) is 41.5 Å². The molecule has 0 fully saturated rings. The Balaban J connectivity index is 2.29. The number of halogens is 1. The summed E-state index contributed by atoms with van der Waals surface area (Å²) in [5.41, 5.74) is 3.36. The maximum atomic E-state index is 13.9. The first-order valence-electron chi connectivity index (χ1n) is 11.1. The zero-order chi connectivity index (χ0) is 24.6. The average Bonchev–Trinajstić information content (AvgIpc) is 2.74. The molecule has 3 aromatic carbocycles. The van der Waals surface area contributed by atoms with Gasteiger partial charge < -0.3 is 9.84 Å². The van der Waals surface area contributed by atoms with Crippen LogP contribution >= 0.6 is 11.6 Å². The minimum atomic E-state index is -0.542. The van der Waals surface area contributed by atoms with Crippen molar-refractivity contribution in [2.24, 2.45) is 0 Å². The Bertz CT molecular complexity index is 1100. The van der Waals surface area contributed by atoms with E-state index in [1.165, 1.54) is 0 Å². The second-order valence-corrected chi connectivity index (χ2v) is 11.0. The Hall–Kier alpha value is -2.78. The molecule has 1 N–H and O–H groups in total. The van der Waals surface area contributed by atoms with Crippen molar-refractivity contribution in [1.29, 1.82) is 0 Å². The third kappa shape index (κ3) is 5.42. The van der Waals surface area contributed by atoms with E-state index in [0.29, 0.717) is 16.3 Å². The number of benzene rings is 3. The van der Waals surface area contributed by atoms with Crippen LogP contribution < -0.4 is 4.74 Å². The van der Waals surface area contributed by atoms with E-state index in [9.17, 15) is 9.90 Å². The molecule has 0 radical (unpaired) electrons. The van der Waals surface area contributed by atoms with Gasteiger partial charge in [-0.15, -0.1) is 0 Å². The molecule has 3 nitrogen and oxygen atoms in total. The Labute approximate surface area is 202 Å². The minimum absolute atomic E-state index is 0.0257. The van der Waals surface area contributed by atoms with Crippen LogP contribution in [-0.4, -0.2) is 18.0 Å². The summed E-state index contributed by atoms with van der Waals surface area (Å²) in [4.78, 5) is 13.9. The first kappa shape index (κ1) is 24.9. The highest BCUT2D eigenvalue weighted by Crippen LogP contribution is 2.43. The normalized spacial score (nSPS) is 13.0. The van der Waals surface area contributed by atoms with Crippen LogP contribution in [-0.2, 0) is 10.8 Å². The monoisotopic (exact) mass is 464 g/mol. The van der Waals surface area contributed by atoms with Crippen LogP contribution in [0.5, 0.6) is 11.5 Å². The summed E-state index contributed by atoms with van der Waals surface area (Å²) in [6.07, 6.45) is 0. The van der Waals surface area contributed by atoms with Crippen LogP contribution in [0.2, 0.25) is 5.02 Å². The quantitative estimate of drug-likeness (QED) is 0.394. The van der Waals surface area contributed by atoms with E-state index in [-0.39, 0.29) is 16.6 Å². The zero-order valence-electron chi connectivity index (χ0n) is 20.5. The standard InChI is InChI=1S/C29H33ClO3/c1-28(2,3)23-16-20(17-24(27(23)32)29(4,5)6)25(18-10-14-22(33-7)15-11-18)26(31)19-8-12-21(30)13-9-19/h8-17,25,32H,1-7H3. The molecule has 0 bridgehead atoms. The van der Waals surface area contributed by atoms with E-state index in [0.717, 1.165) is 28.0 Å². The van der Waals surface area contributed by atoms with Gasteiger partial charge in [0.1, 0.15) is 11.5 Å². The van der Waals surface area contributed by atoms with Crippen LogP contribution in [0.4, 0.5) is 0 Å². The van der Waals surface area contributed by atoms with Gasteiger partial charge in [-0.05, 0) is 69.5 Å². The fourth-order valence-electron chi connectivity index (χ4n) is 4.04. The lowest BCUT2D eigenvalue weighted by Crippen LogP contribution is -2.21. The molecule has 3 rings (SSSR count). The van der Waals surface area contributed by atoms with Gasteiger partial charge in [0, 0.05) is 10.6 Å². The summed E-state index contributed by atoms with van der Waals surface area (Å²) in [6.45, 7) is 12.4. The number of carbonyl (C=O) groups excluding carboxylic acids is 1. The molecule has 0 saturated heterocycles. The molecular formula is C29H33ClO3. The number of methoxy groups -OCH3 is 1. The summed E-state index contributed by atoms with van der Waals surface area (Å²) >= 11 is 6.07. The molecule has 33 heavy (non-hydrogen) atoms. The number of carbonyl (C=O) groups is 1. The SMILES string of the molecule is COc1ccc(C(C(=O)c2ccc(Cl)cc2)c2cc(C(C)(C)C)c(O)c(C(C)(C)C)c2)cc1. The fraction of sp³-hybridized carbons (Fsp3) is 0.345. The molecule has 0 amide bonds. The first-order chi connectivity index (χ1) is 15.3. The fourth-order valence-corrected chi connectivity index (χ4v) is 4.17. The van der Waals surface area contributed by atoms with Gasteiger partial charge >= 0.3 is 0 Å². The molecule has 0 saturated carbocycles. The Morgan fingerprint density at radius 3 is 1.73 bits per heavy atom. The predicted molar refractivity (Wildman–Crippen MR) is 136 cm³/mol. The van der Waals surface area contributed by atoms with E-state index >= 15 is 0 Å². The van der Waals surface area contributed by atoms with Gasteiger partial charge in [0.2, 0.25) is 0 Å². The van der Waals surface area contributed by atoms with Gasteiger partial charge in [-0.25, -0.2) is 0 Å². The number of Topliss-reactive ketones (excluding diaryl/α,β-unsaturated/α-hetero) is 1. The van der Waals surface area contributed by atoms with E-state index in [1.54, 1.807) is 31.4 Å². The molecule has 0 aliphatic carbocycles. The maximum Gasteiger partial charge on any atom is 0.174 e. The molecule has 1 atom stereocenters. The first-order valence-corrected chi connectivity index (χ1v) is 11.5. The average molecular weight is 465 g/mol. The lowest BCUT2D eigenvalue weighted by Gasteiger charge is -2.30. The molecule has 0 spiro atoms. The van der Waals surface area contributed by atoms with Gasteiger partial charge in [0.25, 0.3) is 0 Å². The highest BCUT2D eigenvalue weighted by atomic mass is 35.5. The topological polar surface area (TPSA) is 46.5 Å². The summed E-state index contributed by atoms with van der Waals surface area (Å²) in [7, 11) is 1.62. The molecule has 0 heterocycles. The zero-order valence-corrected chi connectivity index (χ0v) is 21.2. The van der Waals surface area contributed by atoms with Gasteiger partial charge in [0.05, 0.1) is 13.0 Å². The van der Waals surface area contributed by atoms with Crippen LogP contribution in [0.15, 0.2) is 60.7 Å². The van der Waals surface area contributed by atoms with E-state index in [1.807, 2.05) is 36.4 Å². The van der Waals surface area contributed by atoms with Crippen LogP contribution in [0.3, 0.4) is 0 Å². The highest BCUT2D eigenvalue weighted by molar-refractivity contribution is 6.30. The Morgan fingerprint density at radius 2 is 1.30 bits per heavy atom. The van der Waals surface area contributed by atoms with Gasteiger partial charge in [-0.3, -0.25) is 4.79 Å². The molecule has 0 aromatic heterocycles. The number of hydrogen-bond donors (Lipinski definition) is 1. The van der Waals surface area contributed by atoms with Gasteiger partial charge in [-0.2, -0.15) is 0 Å². The number of phenols is 1. The number of aromatic hydroxyl groups is 1. The molecule has 174 valence electrons. The molecule has 4 heteroatoms. The lowest BCUT2D eigenvalue weighted by molar-refractivity contribution is 0.0973. The van der Waals surface area contributed by atoms with E-state index in [4.69, 9.17) is 16.3 Å². The molecule has 0 aliphatic heterocycles. The predicted octanol–water partition coefficient (Wildman–Crippen LogP) is 7.66. The van der Waals surface area contributed by atoms with Crippen molar-refractivity contribution in [3.63, 3.8) is 0 Å². The smallest absolute Gasteiger partial charge is 0.174 e. The van der Waals surface area contributed by atoms with Crippen LogP contribution in [0.25, 0.3) is 0 Å².